The Morgan fingerprint density at radius 2 is 1.63 bits per heavy atom. The topological polar surface area (TPSA) is 106 Å². The molecule has 7 heteroatoms. The Morgan fingerprint density at radius 3 is 2.26 bits per heavy atom. The van der Waals surface area contributed by atoms with Gasteiger partial charge >= 0.3 is 5.97 Å². The molecule has 1 heterocycles. The number of aryl methyl sites for hydroxylation is 1. The van der Waals surface area contributed by atoms with Gasteiger partial charge in [-0.25, -0.2) is 4.79 Å². The number of rotatable bonds is 3. The minimum Gasteiger partial charge on any atom is -0.507 e. The second kappa shape index (κ2) is 6.14. The van der Waals surface area contributed by atoms with Crippen LogP contribution in [-0.2, 0) is 11.1 Å². The first kappa shape index (κ1) is 19.0. The van der Waals surface area contributed by atoms with Gasteiger partial charge < -0.3 is 15.4 Å². The SMILES string of the molecule is Cc1cc(O)c(C(=O)O)cc1N=Nc1ccc2c(c1)C(C)(C)N(O)C2(C)C. The van der Waals surface area contributed by atoms with Crippen molar-refractivity contribution in [2.75, 3.05) is 0 Å². The minimum atomic E-state index is -1.23. The number of carboxylic acids is 1. The average Bonchev–Trinajstić information content (AvgIpc) is 2.71. The van der Waals surface area contributed by atoms with E-state index in [-0.39, 0.29) is 11.3 Å². The largest absolute Gasteiger partial charge is 0.507 e. The van der Waals surface area contributed by atoms with Crippen LogP contribution in [0.5, 0.6) is 5.75 Å². The summed E-state index contributed by atoms with van der Waals surface area (Å²) in [6.07, 6.45) is 0. The van der Waals surface area contributed by atoms with Crippen LogP contribution in [0.4, 0.5) is 11.4 Å². The number of nitrogens with zero attached hydrogens (tertiary/aromatic N) is 3. The van der Waals surface area contributed by atoms with Gasteiger partial charge in [-0.05, 0) is 75.6 Å². The van der Waals surface area contributed by atoms with Gasteiger partial charge in [-0.2, -0.15) is 15.3 Å². The van der Waals surface area contributed by atoms with E-state index in [1.807, 2.05) is 45.9 Å². The fourth-order valence-electron chi connectivity index (χ4n) is 3.63. The summed E-state index contributed by atoms with van der Waals surface area (Å²) >= 11 is 0. The van der Waals surface area contributed by atoms with E-state index in [9.17, 15) is 15.1 Å². The smallest absolute Gasteiger partial charge is 0.339 e. The van der Waals surface area contributed by atoms with E-state index >= 15 is 0 Å². The highest BCUT2D eigenvalue weighted by molar-refractivity contribution is 5.92. The molecule has 0 unspecified atom stereocenters. The van der Waals surface area contributed by atoms with E-state index in [2.05, 4.69) is 10.2 Å². The van der Waals surface area contributed by atoms with Crippen molar-refractivity contribution in [1.82, 2.24) is 5.06 Å². The van der Waals surface area contributed by atoms with E-state index in [4.69, 9.17) is 5.11 Å². The predicted molar refractivity (Wildman–Crippen MR) is 100 cm³/mol. The van der Waals surface area contributed by atoms with Gasteiger partial charge in [0.1, 0.15) is 11.3 Å². The monoisotopic (exact) mass is 369 g/mol. The van der Waals surface area contributed by atoms with Gasteiger partial charge in [-0.1, -0.05) is 6.07 Å². The number of benzene rings is 2. The first-order valence-electron chi connectivity index (χ1n) is 8.59. The standard InChI is InChI=1S/C20H23N3O4/c1-11-8-17(24)13(18(25)26)10-16(11)22-21-12-6-7-14-15(9-12)20(4,5)23(27)19(14,2)3/h6-10,24,27H,1-5H3,(H,25,26). The fourth-order valence-corrected chi connectivity index (χ4v) is 3.63. The van der Waals surface area contributed by atoms with Crippen LogP contribution in [-0.4, -0.2) is 26.5 Å². The molecule has 1 aliphatic heterocycles. The number of hydrogen-bond donors (Lipinski definition) is 3. The summed E-state index contributed by atoms with van der Waals surface area (Å²) in [5, 5.41) is 39.2. The van der Waals surface area contributed by atoms with Crippen molar-refractivity contribution in [1.29, 1.82) is 0 Å². The van der Waals surface area contributed by atoms with Crippen molar-refractivity contribution >= 4 is 17.3 Å². The Balaban J connectivity index is 2.01. The molecule has 2 aromatic rings. The van der Waals surface area contributed by atoms with Crippen LogP contribution >= 0.6 is 0 Å². The first-order valence-corrected chi connectivity index (χ1v) is 8.59. The van der Waals surface area contributed by atoms with E-state index in [1.54, 1.807) is 6.92 Å². The number of aromatic carboxylic acids is 1. The maximum absolute atomic E-state index is 11.2. The van der Waals surface area contributed by atoms with E-state index < -0.39 is 17.0 Å². The van der Waals surface area contributed by atoms with E-state index in [0.29, 0.717) is 16.9 Å². The quantitative estimate of drug-likeness (QED) is 0.661. The van der Waals surface area contributed by atoms with Gasteiger partial charge in [0.2, 0.25) is 0 Å². The summed E-state index contributed by atoms with van der Waals surface area (Å²) in [6, 6.07) is 8.27. The van der Waals surface area contributed by atoms with Gasteiger partial charge in [0, 0.05) is 0 Å². The number of azo groups is 1. The Hall–Kier alpha value is -2.77. The normalized spacial score (nSPS) is 18.0. The predicted octanol–water partition coefficient (Wildman–Crippen LogP) is 4.99. The van der Waals surface area contributed by atoms with Crippen LogP contribution in [0.25, 0.3) is 0 Å². The second-order valence-electron chi connectivity index (χ2n) is 7.82. The lowest BCUT2D eigenvalue weighted by atomic mass is 9.90. The number of aromatic hydroxyl groups is 1. The van der Waals surface area contributed by atoms with Crippen molar-refractivity contribution in [2.45, 2.75) is 45.7 Å². The minimum absolute atomic E-state index is 0.220. The highest BCUT2D eigenvalue weighted by Gasteiger charge is 2.48. The molecule has 0 aromatic heterocycles. The molecule has 0 saturated carbocycles. The lowest BCUT2D eigenvalue weighted by molar-refractivity contribution is -0.216. The zero-order valence-corrected chi connectivity index (χ0v) is 16.0. The number of phenols is 1. The van der Waals surface area contributed by atoms with Crippen LogP contribution in [0.2, 0.25) is 0 Å². The molecule has 0 spiro atoms. The van der Waals surface area contributed by atoms with Gasteiger partial charge in [0.15, 0.2) is 0 Å². The molecule has 0 fully saturated rings. The Morgan fingerprint density at radius 1 is 1.00 bits per heavy atom. The maximum Gasteiger partial charge on any atom is 0.339 e. The summed E-state index contributed by atoms with van der Waals surface area (Å²) < 4.78 is 0. The van der Waals surface area contributed by atoms with Crippen LogP contribution < -0.4 is 0 Å². The van der Waals surface area contributed by atoms with Crippen molar-refractivity contribution < 1.29 is 20.2 Å². The van der Waals surface area contributed by atoms with Crippen molar-refractivity contribution in [3.63, 3.8) is 0 Å². The average molecular weight is 369 g/mol. The molecule has 2 aromatic carbocycles. The van der Waals surface area contributed by atoms with Crippen molar-refractivity contribution in [3.8, 4) is 5.75 Å². The molecule has 0 bridgehead atoms. The third kappa shape index (κ3) is 2.98. The highest BCUT2D eigenvalue weighted by Crippen LogP contribution is 2.49. The molecule has 1 aliphatic rings. The molecule has 0 saturated heterocycles. The number of carbonyl (C=O) groups is 1. The Labute approximate surface area is 157 Å². The molecule has 3 N–H and O–H groups in total. The molecular formula is C20H23N3O4. The first-order chi connectivity index (χ1) is 12.5. The summed E-state index contributed by atoms with van der Waals surface area (Å²) in [5.74, 6) is -1.53. The van der Waals surface area contributed by atoms with E-state index in [1.165, 1.54) is 17.2 Å². The molecular weight excluding hydrogens is 346 g/mol. The van der Waals surface area contributed by atoms with E-state index in [0.717, 1.165) is 11.1 Å². The number of fused-ring (bicyclic) bond motifs is 1. The van der Waals surface area contributed by atoms with Gasteiger partial charge in [-0.15, -0.1) is 0 Å². The molecule has 0 radical (unpaired) electrons. The maximum atomic E-state index is 11.2. The van der Waals surface area contributed by atoms with Gasteiger partial charge in [-0.3, -0.25) is 0 Å². The molecule has 7 nitrogen and oxygen atoms in total. The van der Waals surface area contributed by atoms with Crippen LogP contribution in [0.15, 0.2) is 40.6 Å². The van der Waals surface area contributed by atoms with Gasteiger partial charge in [0.05, 0.1) is 22.5 Å². The zero-order valence-electron chi connectivity index (χ0n) is 16.0. The lowest BCUT2D eigenvalue weighted by Gasteiger charge is -2.34. The van der Waals surface area contributed by atoms with Crippen LogP contribution in [0.1, 0.15) is 54.7 Å². The molecule has 0 aliphatic carbocycles. The fraction of sp³-hybridized carbons (Fsp3) is 0.350. The Kier molecular flexibility index (Phi) is 4.32. The zero-order chi connectivity index (χ0) is 20.1. The summed E-state index contributed by atoms with van der Waals surface area (Å²) in [5.41, 5.74) is 2.25. The van der Waals surface area contributed by atoms with Gasteiger partial charge in [0.25, 0.3) is 0 Å². The molecule has 27 heavy (non-hydrogen) atoms. The number of carboxylic acid groups (broad SMARTS) is 1. The van der Waals surface area contributed by atoms with Crippen molar-refractivity contribution in [3.05, 3.63) is 52.6 Å². The lowest BCUT2D eigenvalue weighted by Crippen LogP contribution is -2.42. The number of hydroxylamine groups is 2. The molecule has 3 rings (SSSR count). The summed E-state index contributed by atoms with van der Waals surface area (Å²) in [6.45, 7) is 9.50. The molecule has 0 atom stereocenters. The highest BCUT2D eigenvalue weighted by atomic mass is 16.5. The van der Waals surface area contributed by atoms with Crippen LogP contribution in [0.3, 0.4) is 0 Å². The molecule has 0 amide bonds. The number of hydrogen-bond acceptors (Lipinski definition) is 6. The third-order valence-corrected chi connectivity index (χ3v) is 5.20. The summed E-state index contributed by atoms with van der Waals surface area (Å²) in [7, 11) is 0. The van der Waals surface area contributed by atoms with Crippen molar-refractivity contribution in [2.24, 2.45) is 10.2 Å². The second-order valence-corrected chi connectivity index (χ2v) is 7.82. The molecule has 142 valence electrons. The Bertz CT molecular complexity index is 964. The summed E-state index contributed by atoms with van der Waals surface area (Å²) in [4.78, 5) is 11.2. The van der Waals surface area contributed by atoms with Crippen LogP contribution in [0, 0.1) is 6.92 Å². The third-order valence-electron chi connectivity index (χ3n) is 5.20.